The van der Waals surface area contributed by atoms with Crippen molar-refractivity contribution in [1.29, 1.82) is 0 Å². The van der Waals surface area contributed by atoms with Crippen LogP contribution in [-0.2, 0) is 83.2 Å². The molecule has 0 bridgehead atoms. The molecule has 4 amide bonds. The summed E-state index contributed by atoms with van der Waals surface area (Å²) >= 11 is 0. The highest BCUT2D eigenvalue weighted by molar-refractivity contribution is 5.94. The molecule has 0 radical (unpaired) electrons. The van der Waals surface area contributed by atoms with E-state index >= 15 is 9.59 Å². The maximum absolute atomic E-state index is 15.1. The third-order valence-corrected chi connectivity index (χ3v) is 17.5. The second-order valence-electron chi connectivity index (χ2n) is 26.9. The monoisotopic (exact) mass is 1220 g/mol. The zero-order valence-corrected chi connectivity index (χ0v) is 54.7. The Labute approximate surface area is 520 Å². The molecule has 0 spiro atoms. The molecule has 1 saturated heterocycles. The van der Waals surface area contributed by atoms with E-state index in [1.807, 2.05) is 125 Å². The van der Waals surface area contributed by atoms with Crippen molar-refractivity contribution in [2.24, 2.45) is 35.5 Å². The molecule has 2 aliphatic carbocycles. The number of hydrogen-bond acceptors (Lipinski definition) is 14. The topological polar surface area (TPSA) is 222 Å². The average molecular weight is 1220 g/mol. The molecule has 3 fully saturated rings. The Morgan fingerprint density at radius 2 is 0.659 bits per heavy atom. The van der Waals surface area contributed by atoms with Gasteiger partial charge in [0.05, 0.1) is 13.1 Å². The summed E-state index contributed by atoms with van der Waals surface area (Å²) in [6, 6.07) is 14.1. The molecule has 7 rings (SSSR count). The molecule has 4 unspecified atom stereocenters. The fourth-order valence-corrected chi connectivity index (χ4v) is 11.9. The third kappa shape index (κ3) is 17.5. The van der Waals surface area contributed by atoms with Crippen LogP contribution in [0.2, 0.25) is 0 Å². The number of ether oxygens (including phenoxy) is 4. The van der Waals surface area contributed by atoms with Gasteiger partial charge in [0.15, 0.2) is 24.4 Å². The van der Waals surface area contributed by atoms with Gasteiger partial charge in [0.25, 0.3) is 23.6 Å². The Hall–Kier alpha value is -7.38. The van der Waals surface area contributed by atoms with E-state index in [0.29, 0.717) is 47.9 Å². The number of hydrogen-bond donors (Lipinski definition) is 0. The number of benzene rings is 2. The first kappa shape index (κ1) is 68.1. The molecule has 12 atom stereocenters. The molecular formula is C68H96N8O12. The molecular weight excluding hydrogens is 1120 g/mol. The quantitative estimate of drug-likeness (QED) is 0.0674. The fraction of sp³-hybridized carbons (Fsp3) is 0.618. The Morgan fingerprint density at radius 3 is 0.932 bits per heavy atom. The second kappa shape index (κ2) is 29.7. The number of rotatable bonds is 18. The van der Waals surface area contributed by atoms with Crippen LogP contribution >= 0.6 is 0 Å². The van der Waals surface area contributed by atoms with Crippen LogP contribution in [0.5, 0.6) is 0 Å². The predicted octanol–water partition coefficient (Wildman–Crippen LogP) is 8.40. The van der Waals surface area contributed by atoms with Crippen LogP contribution in [0.1, 0.15) is 167 Å². The SMILES string of the molecule is CC(C)C[C@H]1C(=O)O[C@H](Cc2ccc(Cn3nccc3C3CC3C)cc2)C(=O)N(C)[C@@H](CC(C)C)C(=O)O[C@H](C)C(=O)N(C)[C@@H](CC(C)C)C(=O)O[C@H](Cc2ccc(Cn3nccc3C3CC3C)cc2)C(=O)N(C)[C@@H](CC(C)C)C(=O)O[C@H](C)C(=O)N1C. The lowest BCUT2D eigenvalue weighted by molar-refractivity contribution is -0.176. The summed E-state index contributed by atoms with van der Waals surface area (Å²) in [5.41, 5.74) is 5.53. The zero-order chi connectivity index (χ0) is 64.6. The van der Waals surface area contributed by atoms with Crippen LogP contribution in [0, 0.1) is 35.5 Å². The summed E-state index contributed by atoms with van der Waals surface area (Å²) in [7, 11) is 5.64. The normalized spacial score (nSPS) is 26.9. The van der Waals surface area contributed by atoms with Crippen LogP contribution in [-0.4, -0.2) is 163 Å². The molecule has 0 N–H and O–H groups in total. The summed E-state index contributed by atoms with van der Waals surface area (Å²) in [4.78, 5) is 123. The number of cyclic esters (lactones) is 4. The predicted molar refractivity (Wildman–Crippen MR) is 331 cm³/mol. The number of esters is 4. The van der Waals surface area contributed by atoms with Gasteiger partial charge in [-0.25, -0.2) is 19.2 Å². The van der Waals surface area contributed by atoms with Crippen molar-refractivity contribution >= 4 is 47.5 Å². The van der Waals surface area contributed by atoms with E-state index in [0.717, 1.165) is 33.8 Å². The van der Waals surface area contributed by atoms with Gasteiger partial charge in [-0.15, -0.1) is 0 Å². The van der Waals surface area contributed by atoms with Crippen molar-refractivity contribution in [3.8, 4) is 0 Å². The lowest BCUT2D eigenvalue weighted by Gasteiger charge is -2.35. The van der Waals surface area contributed by atoms with E-state index in [9.17, 15) is 28.8 Å². The molecule has 3 aliphatic rings. The highest BCUT2D eigenvalue weighted by Crippen LogP contribution is 2.47. The zero-order valence-electron chi connectivity index (χ0n) is 54.7. The van der Waals surface area contributed by atoms with Gasteiger partial charge < -0.3 is 38.5 Å². The molecule has 2 aromatic carbocycles. The maximum atomic E-state index is 15.1. The summed E-state index contributed by atoms with van der Waals surface area (Å²) in [5.74, 6) is -5.25. The molecule has 3 heterocycles. The molecule has 2 aromatic heterocycles. The van der Waals surface area contributed by atoms with Gasteiger partial charge >= 0.3 is 23.9 Å². The van der Waals surface area contributed by atoms with Crippen LogP contribution in [0.3, 0.4) is 0 Å². The van der Waals surface area contributed by atoms with Crippen molar-refractivity contribution < 1.29 is 57.3 Å². The summed E-state index contributed by atoms with van der Waals surface area (Å²) < 4.78 is 28.4. The van der Waals surface area contributed by atoms with Crippen molar-refractivity contribution in [2.45, 2.75) is 208 Å². The van der Waals surface area contributed by atoms with Gasteiger partial charge in [-0.1, -0.05) is 118 Å². The molecule has 4 aromatic rings. The molecule has 88 heavy (non-hydrogen) atoms. The number of amides is 4. The standard InChI is InChI=1S/C68H96N8O12/c1-39(2)29-55-65(81)85-45(11)61(77)71(13)58(32-42(7)8)68(84)88-60(36-48-19-23-50(24-20-48)38-76-54(26-28-70-76)52-34-44(52)10)64(80)74(16)56(30-40(3)4)66(82)86-46(12)62(78)72(14)57(31-41(5)6)67(83)87-59(63(79)73(55)15)35-47-17-21-49(22-18-47)37-75-53(25-27-69-75)51-33-43(51)9/h17-28,39-46,51-52,55-60H,29-38H2,1-16H3/t43?,44?,45-,46-,51?,52?,55+,56+,57+,58+,59-,60-/m1/s1. The number of nitrogens with zero attached hydrogens (tertiary/aromatic N) is 8. The van der Waals surface area contributed by atoms with Crippen molar-refractivity contribution in [2.75, 3.05) is 28.2 Å². The first-order chi connectivity index (χ1) is 41.5. The van der Waals surface area contributed by atoms with E-state index in [1.54, 1.807) is 12.4 Å². The average Bonchev–Trinajstić information content (AvgIpc) is 1.85. The van der Waals surface area contributed by atoms with Crippen molar-refractivity contribution in [3.05, 3.63) is 107 Å². The molecule has 1 aliphatic heterocycles. The minimum atomic E-state index is -1.53. The van der Waals surface area contributed by atoms with Gasteiger partial charge in [0.2, 0.25) is 0 Å². The number of carbonyl (C=O) groups is 8. The van der Waals surface area contributed by atoms with E-state index in [-0.39, 0.29) is 62.2 Å². The third-order valence-electron chi connectivity index (χ3n) is 17.5. The van der Waals surface area contributed by atoms with Crippen molar-refractivity contribution in [1.82, 2.24) is 39.2 Å². The van der Waals surface area contributed by atoms with Gasteiger partial charge in [-0.2, -0.15) is 10.2 Å². The summed E-state index contributed by atoms with van der Waals surface area (Å²) in [5, 5.41) is 9.16. The fourth-order valence-electron chi connectivity index (χ4n) is 11.9. The minimum absolute atomic E-state index is 0.0873. The smallest absolute Gasteiger partial charge is 0.329 e. The highest BCUT2D eigenvalue weighted by atomic mass is 16.6. The van der Waals surface area contributed by atoms with Crippen molar-refractivity contribution in [3.63, 3.8) is 0 Å². The van der Waals surface area contributed by atoms with E-state index < -0.39 is 96.1 Å². The van der Waals surface area contributed by atoms with Crippen LogP contribution in [0.25, 0.3) is 0 Å². The van der Waals surface area contributed by atoms with Gasteiger partial charge in [0, 0.05) is 76.6 Å². The Morgan fingerprint density at radius 1 is 0.398 bits per heavy atom. The van der Waals surface area contributed by atoms with Gasteiger partial charge in [-0.05, 0) is 122 Å². The van der Waals surface area contributed by atoms with Gasteiger partial charge in [-0.3, -0.25) is 28.5 Å². The Kier molecular flexibility index (Phi) is 23.0. The Bertz CT molecular complexity index is 2860. The summed E-state index contributed by atoms with van der Waals surface area (Å²) in [6.45, 7) is 23.2. The second-order valence-corrected chi connectivity index (χ2v) is 26.9. The van der Waals surface area contributed by atoms with Crippen LogP contribution in [0.4, 0.5) is 0 Å². The van der Waals surface area contributed by atoms with E-state index in [4.69, 9.17) is 18.9 Å². The molecule has 20 nitrogen and oxygen atoms in total. The van der Waals surface area contributed by atoms with E-state index in [1.165, 1.54) is 63.2 Å². The first-order valence-corrected chi connectivity index (χ1v) is 31.6. The number of carbonyl (C=O) groups excluding carboxylic acids is 8. The van der Waals surface area contributed by atoms with Gasteiger partial charge in [0.1, 0.15) is 24.2 Å². The molecule has 20 heteroatoms. The Balaban J connectivity index is 1.23. The number of likely N-dealkylation sites (N-methyl/N-ethyl adjacent to an activating group) is 4. The van der Waals surface area contributed by atoms with Crippen LogP contribution < -0.4 is 0 Å². The minimum Gasteiger partial charge on any atom is -0.451 e. The molecule has 2 saturated carbocycles. The molecule has 480 valence electrons. The summed E-state index contributed by atoms with van der Waals surface area (Å²) in [6.07, 6.45) is -0.101. The first-order valence-electron chi connectivity index (χ1n) is 31.6. The lowest BCUT2D eigenvalue weighted by atomic mass is 9.99. The highest BCUT2D eigenvalue weighted by Gasteiger charge is 2.44. The van der Waals surface area contributed by atoms with E-state index in [2.05, 4.69) is 24.0 Å². The van der Waals surface area contributed by atoms with Crippen LogP contribution in [0.15, 0.2) is 73.1 Å². The largest absolute Gasteiger partial charge is 0.451 e. The number of aromatic nitrogens is 4. The maximum Gasteiger partial charge on any atom is 0.329 e. The lowest BCUT2D eigenvalue weighted by Crippen LogP contribution is -2.55.